The number of hydrogen-bond acceptors (Lipinski definition) is 4. The Kier molecular flexibility index (Phi) is 6.76. The van der Waals surface area contributed by atoms with Gasteiger partial charge in [0, 0.05) is 18.3 Å². The number of hydrogen-bond donors (Lipinski definition) is 2. The third kappa shape index (κ3) is 5.57. The first-order valence-corrected chi connectivity index (χ1v) is 8.81. The van der Waals surface area contributed by atoms with Crippen LogP contribution in [0, 0.1) is 20.8 Å². The highest BCUT2D eigenvalue weighted by molar-refractivity contribution is 5.99. The molecule has 7 nitrogen and oxygen atoms in total. The lowest BCUT2D eigenvalue weighted by atomic mass is 10.1. The second-order valence-electron chi connectivity index (χ2n) is 6.76. The lowest BCUT2D eigenvalue weighted by Gasteiger charge is -2.18. The van der Waals surface area contributed by atoms with Crippen LogP contribution in [0.15, 0.2) is 36.4 Å². The van der Waals surface area contributed by atoms with Crippen molar-refractivity contribution in [2.75, 3.05) is 25.5 Å². The highest BCUT2D eigenvalue weighted by atomic mass is 16.5. The molecule has 2 rings (SSSR count). The zero-order chi connectivity index (χ0) is 20.8. The molecule has 7 heteroatoms. The van der Waals surface area contributed by atoms with Crippen molar-refractivity contribution in [2.24, 2.45) is 5.73 Å². The second kappa shape index (κ2) is 9.03. The summed E-state index contributed by atoms with van der Waals surface area (Å²) in [5.41, 5.74) is 9.29. The summed E-state index contributed by atoms with van der Waals surface area (Å²) in [5.74, 6) is -0.715. The smallest absolute Gasteiger partial charge is 0.255 e. The maximum absolute atomic E-state index is 12.5. The van der Waals surface area contributed by atoms with Gasteiger partial charge in [0.05, 0.1) is 6.54 Å². The summed E-state index contributed by atoms with van der Waals surface area (Å²) in [7, 11) is 1.56. The van der Waals surface area contributed by atoms with Gasteiger partial charge in [0.1, 0.15) is 5.75 Å². The Morgan fingerprint density at radius 1 is 1.04 bits per heavy atom. The first-order valence-electron chi connectivity index (χ1n) is 8.81. The number of rotatable bonds is 7. The van der Waals surface area contributed by atoms with Gasteiger partial charge in [0.25, 0.3) is 11.8 Å². The number of carbonyl (C=O) groups excluding carboxylic acids is 3. The van der Waals surface area contributed by atoms with Gasteiger partial charge in [0.2, 0.25) is 5.91 Å². The Morgan fingerprint density at radius 2 is 1.61 bits per heavy atom. The van der Waals surface area contributed by atoms with Crippen molar-refractivity contribution in [1.82, 2.24) is 4.90 Å². The number of likely N-dealkylation sites (N-methyl/N-ethyl adjacent to an activating group) is 1. The molecule has 0 aliphatic rings. The molecule has 0 aliphatic carbocycles. The summed E-state index contributed by atoms with van der Waals surface area (Å²) < 4.78 is 5.16. The van der Waals surface area contributed by atoms with Crippen molar-refractivity contribution < 1.29 is 19.1 Å². The minimum Gasteiger partial charge on any atom is -0.484 e. The molecule has 0 fully saturated rings. The molecule has 3 amide bonds. The van der Waals surface area contributed by atoms with Gasteiger partial charge in [-0.05, 0) is 56.2 Å². The number of anilines is 1. The van der Waals surface area contributed by atoms with E-state index in [1.807, 2.05) is 32.9 Å². The van der Waals surface area contributed by atoms with E-state index in [0.29, 0.717) is 11.3 Å². The maximum atomic E-state index is 12.5. The number of benzene rings is 2. The predicted molar refractivity (Wildman–Crippen MR) is 107 cm³/mol. The second-order valence-corrected chi connectivity index (χ2v) is 6.76. The maximum Gasteiger partial charge on any atom is 0.255 e. The van der Waals surface area contributed by atoms with Gasteiger partial charge in [-0.3, -0.25) is 14.4 Å². The normalized spacial score (nSPS) is 10.3. The lowest BCUT2D eigenvalue weighted by Crippen LogP contribution is -2.35. The summed E-state index contributed by atoms with van der Waals surface area (Å²) in [6, 6.07) is 10.3. The molecule has 0 aromatic heterocycles. The van der Waals surface area contributed by atoms with Gasteiger partial charge in [-0.15, -0.1) is 0 Å². The molecule has 0 radical (unpaired) electrons. The number of primary amides is 1. The van der Waals surface area contributed by atoms with Crippen LogP contribution in [0.4, 0.5) is 5.69 Å². The van der Waals surface area contributed by atoms with Gasteiger partial charge < -0.3 is 20.7 Å². The molecule has 0 aliphatic heterocycles. The van der Waals surface area contributed by atoms with Crippen LogP contribution < -0.4 is 15.8 Å². The Labute approximate surface area is 164 Å². The van der Waals surface area contributed by atoms with Gasteiger partial charge >= 0.3 is 0 Å². The number of aryl methyl sites for hydroxylation is 3. The van der Waals surface area contributed by atoms with Crippen molar-refractivity contribution in [1.29, 1.82) is 0 Å². The average molecular weight is 383 g/mol. The van der Waals surface area contributed by atoms with E-state index in [4.69, 9.17) is 10.5 Å². The molecule has 2 aromatic rings. The van der Waals surface area contributed by atoms with Gasteiger partial charge in [0.15, 0.2) is 6.61 Å². The molecule has 0 saturated carbocycles. The summed E-state index contributed by atoms with van der Waals surface area (Å²) in [4.78, 5) is 37.0. The van der Waals surface area contributed by atoms with E-state index in [9.17, 15) is 14.4 Å². The molecule has 3 N–H and O–H groups in total. The fraction of sp³-hybridized carbons (Fsp3) is 0.286. The summed E-state index contributed by atoms with van der Waals surface area (Å²) in [6.07, 6.45) is 0. The van der Waals surface area contributed by atoms with E-state index in [1.165, 1.54) is 4.90 Å². The number of carbonyl (C=O) groups is 3. The van der Waals surface area contributed by atoms with Crippen LogP contribution in [0.25, 0.3) is 0 Å². The number of nitrogens with two attached hydrogens (primary N) is 1. The highest BCUT2D eigenvalue weighted by Crippen LogP contribution is 2.22. The predicted octanol–water partition coefficient (Wildman–Crippen LogP) is 2.19. The van der Waals surface area contributed by atoms with Gasteiger partial charge in [-0.2, -0.15) is 0 Å². The quantitative estimate of drug-likeness (QED) is 0.765. The third-order valence-electron chi connectivity index (χ3n) is 4.15. The first kappa shape index (κ1) is 21.0. The minimum absolute atomic E-state index is 0.0779. The molecule has 0 bridgehead atoms. The molecular weight excluding hydrogens is 358 g/mol. The fourth-order valence-electron chi connectivity index (χ4n) is 2.91. The van der Waals surface area contributed by atoms with Crippen molar-refractivity contribution >= 4 is 23.4 Å². The molecule has 28 heavy (non-hydrogen) atoms. The highest BCUT2D eigenvalue weighted by Gasteiger charge is 2.16. The Hall–Kier alpha value is -3.35. The molecule has 148 valence electrons. The lowest BCUT2D eigenvalue weighted by molar-refractivity contribution is -0.120. The first-order chi connectivity index (χ1) is 13.2. The van der Waals surface area contributed by atoms with Crippen LogP contribution in [-0.4, -0.2) is 42.8 Å². The van der Waals surface area contributed by atoms with Crippen LogP contribution in [0.2, 0.25) is 0 Å². The van der Waals surface area contributed by atoms with Crippen LogP contribution in [0.5, 0.6) is 5.75 Å². The van der Waals surface area contributed by atoms with E-state index in [1.54, 1.807) is 31.3 Å². The average Bonchev–Trinajstić information content (AvgIpc) is 2.62. The van der Waals surface area contributed by atoms with Gasteiger partial charge in [-0.1, -0.05) is 17.7 Å². The van der Waals surface area contributed by atoms with Crippen molar-refractivity contribution in [2.45, 2.75) is 20.8 Å². The van der Waals surface area contributed by atoms with Crippen LogP contribution >= 0.6 is 0 Å². The third-order valence-corrected chi connectivity index (χ3v) is 4.15. The SMILES string of the molecule is Cc1cc(C)c(NC(=O)CN(C)C(=O)c2ccc(OCC(N)=O)cc2)c(C)c1. The number of nitrogens with one attached hydrogen (secondary N) is 1. The topological polar surface area (TPSA) is 102 Å². The molecule has 0 saturated heterocycles. The van der Waals surface area contributed by atoms with Crippen molar-refractivity contribution in [3.63, 3.8) is 0 Å². The summed E-state index contributed by atoms with van der Waals surface area (Å²) in [5, 5.41) is 2.88. The fourth-order valence-corrected chi connectivity index (χ4v) is 2.91. The molecule has 2 aromatic carbocycles. The van der Waals surface area contributed by atoms with E-state index in [-0.39, 0.29) is 25.0 Å². The summed E-state index contributed by atoms with van der Waals surface area (Å²) >= 11 is 0. The Morgan fingerprint density at radius 3 is 2.14 bits per heavy atom. The summed E-state index contributed by atoms with van der Waals surface area (Å²) in [6.45, 7) is 5.57. The number of amides is 3. The standard InChI is InChI=1S/C21H25N3O4/c1-13-9-14(2)20(15(3)10-13)23-19(26)11-24(4)21(27)16-5-7-17(8-6-16)28-12-18(22)25/h5-10H,11-12H2,1-4H3,(H2,22,25)(H,23,26). The number of ether oxygens (including phenoxy) is 1. The Bertz CT molecular complexity index is 868. The molecule has 0 atom stereocenters. The largest absolute Gasteiger partial charge is 0.484 e. The Balaban J connectivity index is 1.98. The molecular formula is C21H25N3O4. The monoisotopic (exact) mass is 383 g/mol. The zero-order valence-electron chi connectivity index (χ0n) is 16.5. The van der Waals surface area contributed by atoms with Crippen molar-refractivity contribution in [3.05, 3.63) is 58.7 Å². The minimum atomic E-state index is -0.579. The van der Waals surface area contributed by atoms with E-state index in [0.717, 1.165) is 22.4 Å². The van der Waals surface area contributed by atoms with E-state index in [2.05, 4.69) is 5.32 Å². The van der Waals surface area contributed by atoms with Crippen LogP contribution in [0.1, 0.15) is 27.0 Å². The van der Waals surface area contributed by atoms with E-state index >= 15 is 0 Å². The number of nitrogens with zero attached hydrogens (tertiary/aromatic N) is 1. The zero-order valence-corrected chi connectivity index (χ0v) is 16.5. The van der Waals surface area contributed by atoms with Crippen LogP contribution in [-0.2, 0) is 9.59 Å². The molecule has 0 spiro atoms. The van der Waals surface area contributed by atoms with Gasteiger partial charge in [-0.25, -0.2) is 0 Å². The van der Waals surface area contributed by atoms with Crippen LogP contribution in [0.3, 0.4) is 0 Å². The molecule has 0 unspecified atom stereocenters. The molecule has 0 heterocycles. The van der Waals surface area contributed by atoms with Crippen molar-refractivity contribution in [3.8, 4) is 5.75 Å². The van der Waals surface area contributed by atoms with E-state index < -0.39 is 5.91 Å².